The van der Waals surface area contributed by atoms with Crippen LogP contribution < -0.4 is 14.8 Å². The number of nitrogens with zero attached hydrogens (tertiary/aromatic N) is 2. The van der Waals surface area contributed by atoms with Gasteiger partial charge in [-0.15, -0.1) is 0 Å². The van der Waals surface area contributed by atoms with Crippen molar-refractivity contribution in [3.05, 3.63) is 59.2 Å². The maximum absolute atomic E-state index is 12.8. The molecule has 0 aliphatic carbocycles. The van der Waals surface area contributed by atoms with E-state index < -0.39 is 12.1 Å². The second kappa shape index (κ2) is 9.30. The molecule has 1 saturated heterocycles. The van der Waals surface area contributed by atoms with E-state index >= 15 is 0 Å². The molecule has 0 spiro atoms. The summed E-state index contributed by atoms with van der Waals surface area (Å²) in [6.07, 6.45) is 1.20. The predicted octanol–water partition coefficient (Wildman–Crippen LogP) is 2.49. The summed E-state index contributed by atoms with van der Waals surface area (Å²) < 4.78 is 10.7. The highest BCUT2D eigenvalue weighted by Crippen LogP contribution is 2.33. The first-order valence-electron chi connectivity index (χ1n) is 10.7. The van der Waals surface area contributed by atoms with E-state index in [0.29, 0.717) is 24.6 Å². The Balaban J connectivity index is 1.34. The van der Waals surface area contributed by atoms with Crippen molar-refractivity contribution in [1.29, 1.82) is 0 Å². The van der Waals surface area contributed by atoms with E-state index in [1.54, 1.807) is 19.1 Å². The molecule has 32 heavy (non-hydrogen) atoms. The lowest BCUT2D eigenvalue weighted by molar-refractivity contribution is -0.132. The van der Waals surface area contributed by atoms with Crippen LogP contribution in [0.15, 0.2) is 42.5 Å². The van der Waals surface area contributed by atoms with E-state index in [0.717, 1.165) is 23.1 Å². The normalized spacial score (nSPS) is 17.8. The van der Waals surface area contributed by atoms with Crippen molar-refractivity contribution in [3.8, 4) is 11.5 Å². The molecule has 1 N–H and O–H groups in total. The zero-order valence-corrected chi connectivity index (χ0v) is 18.3. The third-order valence-corrected chi connectivity index (χ3v) is 6.01. The van der Waals surface area contributed by atoms with Gasteiger partial charge in [0.1, 0.15) is 6.04 Å². The highest BCUT2D eigenvalue weighted by molar-refractivity contribution is 6.04. The van der Waals surface area contributed by atoms with E-state index in [4.69, 9.17) is 9.47 Å². The van der Waals surface area contributed by atoms with Crippen molar-refractivity contribution < 1.29 is 23.9 Å². The van der Waals surface area contributed by atoms with Gasteiger partial charge in [0.2, 0.25) is 5.91 Å². The molecule has 2 heterocycles. The molecule has 168 valence electrons. The Bertz CT molecular complexity index is 1020. The van der Waals surface area contributed by atoms with Crippen LogP contribution in [0, 0.1) is 0 Å². The molecular weight excluding hydrogens is 410 g/mol. The second-order valence-electron chi connectivity index (χ2n) is 7.99. The van der Waals surface area contributed by atoms with E-state index in [1.165, 1.54) is 4.90 Å². The summed E-state index contributed by atoms with van der Waals surface area (Å²) in [4.78, 5) is 40.8. The summed E-state index contributed by atoms with van der Waals surface area (Å²) in [6, 6.07) is 12.2. The van der Waals surface area contributed by atoms with Crippen LogP contribution in [0.1, 0.15) is 29.5 Å². The van der Waals surface area contributed by atoms with Crippen molar-refractivity contribution >= 4 is 17.8 Å². The molecule has 2 aromatic rings. The molecule has 4 amide bonds. The van der Waals surface area contributed by atoms with E-state index in [2.05, 4.69) is 5.32 Å². The highest BCUT2D eigenvalue weighted by atomic mass is 16.5. The van der Waals surface area contributed by atoms with Gasteiger partial charge in [-0.1, -0.05) is 30.3 Å². The molecule has 8 nitrogen and oxygen atoms in total. The fraction of sp³-hybridized carbons (Fsp3) is 0.375. The van der Waals surface area contributed by atoms with Gasteiger partial charge in [0, 0.05) is 19.5 Å². The Morgan fingerprint density at radius 3 is 2.44 bits per heavy atom. The standard InChI is InChI=1S/C24H27N3O5/c1-31-20-12-17-10-11-26(15-18(17)13-21(20)32-2)22(28)9-8-19-23(29)27(24(30)25-19)14-16-6-4-3-5-7-16/h3-7,12-13,19H,8-11,14-15H2,1-2H3,(H,25,30)/t19-/m1/s1. The molecular formula is C24H27N3O5. The van der Waals surface area contributed by atoms with Crippen LogP contribution in [0.25, 0.3) is 0 Å². The van der Waals surface area contributed by atoms with Gasteiger partial charge in [-0.25, -0.2) is 4.79 Å². The summed E-state index contributed by atoms with van der Waals surface area (Å²) >= 11 is 0. The largest absolute Gasteiger partial charge is 0.493 e. The maximum atomic E-state index is 12.8. The van der Waals surface area contributed by atoms with E-state index in [-0.39, 0.29) is 31.2 Å². The van der Waals surface area contributed by atoms with Gasteiger partial charge < -0.3 is 19.7 Å². The molecule has 4 rings (SSSR count). The minimum Gasteiger partial charge on any atom is -0.493 e. The Kier molecular flexibility index (Phi) is 6.30. The van der Waals surface area contributed by atoms with Crippen molar-refractivity contribution in [2.75, 3.05) is 20.8 Å². The van der Waals surface area contributed by atoms with Gasteiger partial charge in [0.05, 0.1) is 20.8 Å². The molecule has 2 aromatic carbocycles. The number of hydrogen-bond donors (Lipinski definition) is 1. The molecule has 1 fully saturated rings. The van der Waals surface area contributed by atoms with Crippen LogP contribution in [-0.2, 0) is 29.1 Å². The third kappa shape index (κ3) is 4.39. The van der Waals surface area contributed by atoms with Crippen molar-refractivity contribution in [2.45, 2.75) is 38.4 Å². The van der Waals surface area contributed by atoms with Gasteiger partial charge in [-0.05, 0) is 41.7 Å². The molecule has 0 unspecified atom stereocenters. The van der Waals surface area contributed by atoms with Crippen LogP contribution in [0.2, 0.25) is 0 Å². The number of hydrogen-bond acceptors (Lipinski definition) is 5. The van der Waals surface area contributed by atoms with Crippen LogP contribution in [0.5, 0.6) is 11.5 Å². The van der Waals surface area contributed by atoms with Crippen LogP contribution in [0.3, 0.4) is 0 Å². The lowest BCUT2D eigenvalue weighted by Crippen LogP contribution is -2.37. The molecule has 0 bridgehead atoms. The highest BCUT2D eigenvalue weighted by Gasteiger charge is 2.38. The van der Waals surface area contributed by atoms with Crippen LogP contribution in [-0.4, -0.2) is 54.5 Å². The summed E-state index contributed by atoms with van der Waals surface area (Å²) in [5.41, 5.74) is 3.05. The molecule has 8 heteroatoms. The summed E-state index contributed by atoms with van der Waals surface area (Å²) in [5.74, 6) is 1.00. The molecule has 0 aromatic heterocycles. The number of fused-ring (bicyclic) bond motifs is 1. The number of methoxy groups -OCH3 is 2. The first-order chi connectivity index (χ1) is 15.5. The lowest BCUT2D eigenvalue weighted by atomic mass is 9.98. The van der Waals surface area contributed by atoms with E-state index in [9.17, 15) is 14.4 Å². The average Bonchev–Trinajstić information content (AvgIpc) is 3.09. The second-order valence-corrected chi connectivity index (χ2v) is 7.99. The summed E-state index contributed by atoms with van der Waals surface area (Å²) in [5, 5.41) is 2.71. The van der Waals surface area contributed by atoms with Crippen LogP contribution >= 0.6 is 0 Å². The van der Waals surface area contributed by atoms with E-state index in [1.807, 2.05) is 42.5 Å². The first-order valence-corrected chi connectivity index (χ1v) is 10.7. The van der Waals surface area contributed by atoms with Gasteiger partial charge in [0.15, 0.2) is 11.5 Å². The fourth-order valence-electron chi connectivity index (χ4n) is 4.21. The molecule has 2 aliphatic rings. The zero-order valence-electron chi connectivity index (χ0n) is 18.3. The Morgan fingerprint density at radius 2 is 1.75 bits per heavy atom. The van der Waals surface area contributed by atoms with Crippen molar-refractivity contribution in [1.82, 2.24) is 15.1 Å². The molecule has 1 atom stereocenters. The number of carbonyl (C=O) groups is 3. The van der Waals surface area contributed by atoms with Crippen molar-refractivity contribution in [3.63, 3.8) is 0 Å². The number of nitrogens with one attached hydrogen (secondary N) is 1. The Morgan fingerprint density at radius 1 is 1.06 bits per heavy atom. The number of carbonyl (C=O) groups excluding carboxylic acids is 3. The van der Waals surface area contributed by atoms with Crippen LogP contribution in [0.4, 0.5) is 4.79 Å². The molecule has 0 radical (unpaired) electrons. The Labute approximate surface area is 187 Å². The fourth-order valence-corrected chi connectivity index (χ4v) is 4.21. The third-order valence-electron chi connectivity index (χ3n) is 6.01. The number of benzene rings is 2. The van der Waals surface area contributed by atoms with Gasteiger partial charge >= 0.3 is 6.03 Å². The quantitative estimate of drug-likeness (QED) is 0.673. The minimum absolute atomic E-state index is 0.0333. The van der Waals surface area contributed by atoms with Crippen molar-refractivity contribution in [2.24, 2.45) is 0 Å². The number of ether oxygens (including phenoxy) is 2. The summed E-state index contributed by atoms with van der Waals surface area (Å²) in [6.45, 7) is 1.32. The summed E-state index contributed by atoms with van der Waals surface area (Å²) in [7, 11) is 3.19. The monoisotopic (exact) mass is 437 g/mol. The zero-order chi connectivity index (χ0) is 22.7. The van der Waals surface area contributed by atoms with Gasteiger partial charge in [-0.3, -0.25) is 14.5 Å². The number of rotatable bonds is 7. The Hall–Kier alpha value is -3.55. The smallest absolute Gasteiger partial charge is 0.325 e. The predicted molar refractivity (Wildman–Crippen MR) is 117 cm³/mol. The number of imide groups is 1. The average molecular weight is 437 g/mol. The molecule has 0 saturated carbocycles. The van der Waals surface area contributed by atoms with Gasteiger partial charge in [-0.2, -0.15) is 0 Å². The minimum atomic E-state index is -0.670. The maximum Gasteiger partial charge on any atom is 0.325 e. The topological polar surface area (TPSA) is 88.2 Å². The van der Waals surface area contributed by atoms with Gasteiger partial charge in [0.25, 0.3) is 5.91 Å². The lowest BCUT2D eigenvalue weighted by Gasteiger charge is -2.30. The number of amides is 4. The first kappa shape index (κ1) is 21.7. The molecule has 2 aliphatic heterocycles. The number of urea groups is 1. The SMILES string of the molecule is COc1cc2c(cc1OC)CN(C(=O)CC[C@H]1NC(=O)N(Cc3ccccc3)C1=O)CC2.